The smallest absolute Gasteiger partial charge is 0.129 e. The van der Waals surface area contributed by atoms with Crippen LogP contribution in [0.15, 0.2) is 12.2 Å². The van der Waals surface area contributed by atoms with E-state index in [1.54, 1.807) is 6.92 Å². The van der Waals surface area contributed by atoms with Crippen molar-refractivity contribution in [3.63, 3.8) is 0 Å². The van der Waals surface area contributed by atoms with Crippen molar-refractivity contribution in [1.82, 2.24) is 0 Å². The first-order chi connectivity index (χ1) is 5.57. The molecule has 0 heterocycles. The second kappa shape index (κ2) is 5.99. The van der Waals surface area contributed by atoms with E-state index in [2.05, 4.69) is 26.0 Å². The van der Waals surface area contributed by atoms with Crippen molar-refractivity contribution in [3.05, 3.63) is 12.2 Å². The van der Waals surface area contributed by atoms with E-state index in [1.165, 1.54) is 0 Å². The lowest BCUT2D eigenvalue weighted by Crippen LogP contribution is -2.07. The van der Waals surface area contributed by atoms with Crippen LogP contribution in [0.2, 0.25) is 0 Å². The first-order valence-electron chi connectivity index (χ1n) is 4.70. The number of rotatable bonds is 5. The zero-order chi connectivity index (χ0) is 9.56. The van der Waals surface area contributed by atoms with E-state index < -0.39 is 0 Å². The van der Waals surface area contributed by atoms with E-state index in [-0.39, 0.29) is 0 Å². The molecule has 0 amide bonds. The number of hydrogen-bond donors (Lipinski definition) is 0. The molecule has 0 aromatic rings. The number of Topliss-reactive ketones (excluding diaryl/α,β-unsaturated/α-hetero) is 1. The SMILES string of the molecule is C/C=C\[C@H](CCC(C)=O)C(C)C. The first kappa shape index (κ1) is 11.4. The second-order valence-corrected chi connectivity index (χ2v) is 3.67. The molecule has 0 rings (SSSR count). The van der Waals surface area contributed by atoms with Crippen molar-refractivity contribution >= 4 is 5.78 Å². The Kier molecular flexibility index (Phi) is 5.69. The van der Waals surface area contributed by atoms with Crippen molar-refractivity contribution in [2.24, 2.45) is 11.8 Å². The van der Waals surface area contributed by atoms with Gasteiger partial charge in [0, 0.05) is 6.42 Å². The molecule has 0 aromatic carbocycles. The van der Waals surface area contributed by atoms with Crippen LogP contribution >= 0.6 is 0 Å². The fraction of sp³-hybridized carbons (Fsp3) is 0.727. The highest BCUT2D eigenvalue weighted by Crippen LogP contribution is 2.18. The van der Waals surface area contributed by atoms with Gasteiger partial charge in [-0.05, 0) is 32.1 Å². The Hall–Kier alpha value is -0.590. The minimum Gasteiger partial charge on any atom is -0.300 e. The van der Waals surface area contributed by atoms with Gasteiger partial charge in [-0.15, -0.1) is 0 Å². The predicted molar refractivity (Wildman–Crippen MR) is 53.1 cm³/mol. The van der Waals surface area contributed by atoms with Crippen molar-refractivity contribution in [1.29, 1.82) is 0 Å². The van der Waals surface area contributed by atoms with Crippen LogP contribution < -0.4 is 0 Å². The number of carbonyl (C=O) groups is 1. The molecule has 0 saturated heterocycles. The summed E-state index contributed by atoms with van der Waals surface area (Å²) in [6, 6.07) is 0. The normalized spacial score (nSPS) is 14.1. The van der Waals surface area contributed by atoms with Crippen molar-refractivity contribution in [3.8, 4) is 0 Å². The topological polar surface area (TPSA) is 17.1 Å². The lowest BCUT2D eigenvalue weighted by Gasteiger charge is -2.15. The molecule has 0 saturated carbocycles. The third kappa shape index (κ3) is 5.11. The summed E-state index contributed by atoms with van der Waals surface area (Å²) in [5.41, 5.74) is 0. The van der Waals surface area contributed by atoms with E-state index in [1.807, 2.05) is 6.92 Å². The van der Waals surface area contributed by atoms with Crippen LogP contribution in [0, 0.1) is 11.8 Å². The largest absolute Gasteiger partial charge is 0.300 e. The summed E-state index contributed by atoms with van der Waals surface area (Å²) in [6.45, 7) is 8.09. The van der Waals surface area contributed by atoms with Crippen LogP contribution in [0.4, 0.5) is 0 Å². The van der Waals surface area contributed by atoms with Crippen molar-refractivity contribution < 1.29 is 4.79 Å². The summed E-state index contributed by atoms with van der Waals surface area (Å²) in [6.07, 6.45) is 5.99. The molecule has 0 N–H and O–H groups in total. The Balaban J connectivity index is 3.87. The maximum atomic E-state index is 10.8. The van der Waals surface area contributed by atoms with E-state index in [0.29, 0.717) is 24.0 Å². The van der Waals surface area contributed by atoms with Crippen LogP contribution in [-0.4, -0.2) is 5.78 Å². The number of ketones is 1. The fourth-order valence-corrected chi connectivity index (χ4v) is 1.27. The van der Waals surface area contributed by atoms with Gasteiger partial charge >= 0.3 is 0 Å². The van der Waals surface area contributed by atoms with Gasteiger partial charge in [-0.2, -0.15) is 0 Å². The molecule has 0 aliphatic carbocycles. The van der Waals surface area contributed by atoms with E-state index >= 15 is 0 Å². The second-order valence-electron chi connectivity index (χ2n) is 3.67. The molecule has 0 fully saturated rings. The maximum absolute atomic E-state index is 10.8. The Bertz CT molecular complexity index is 156. The maximum Gasteiger partial charge on any atom is 0.129 e. The summed E-state index contributed by atoms with van der Waals surface area (Å²) in [5.74, 6) is 1.50. The third-order valence-electron chi connectivity index (χ3n) is 2.13. The Morgan fingerprint density at radius 3 is 2.33 bits per heavy atom. The van der Waals surface area contributed by atoms with E-state index in [9.17, 15) is 4.79 Å². The molecule has 1 nitrogen and oxygen atoms in total. The molecule has 70 valence electrons. The van der Waals surface area contributed by atoms with Crippen LogP contribution in [0.1, 0.15) is 40.5 Å². The highest BCUT2D eigenvalue weighted by atomic mass is 16.1. The monoisotopic (exact) mass is 168 g/mol. The van der Waals surface area contributed by atoms with Crippen molar-refractivity contribution in [2.45, 2.75) is 40.5 Å². The number of carbonyl (C=O) groups excluding carboxylic acids is 1. The van der Waals surface area contributed by atoms with Crippen LogP contribution in [-0.2, 0) is 4.79 Å². The van der Waals surface area contributed by atoms with Gasteiger partial charge in [0.25, 0.3) is 0 Å². The quantitative estimate of drug-likeness (QED) is 0.576. The lowest BCUT2D eigenvalue weighted by atomic mass is 9.90. The number of hydrogen-bond acceptors (Lipinski definition) is 1. The molecule has 0 spiro atoms. The highest BCUT2D eigenvalue weighted by Gasteiger charge is 2.09. The molecule has 0 bridgehead atoms. The van der Waals surface area contributed by atoms with E-state index in [0.717, 1.165) is 6.42 Å². The molecule has 0 unspecified atom stereocenters. The molecular weight excluding hydrogens is 148 g/mol. The molecule has 1 atom stereocenters. The Labute approximate surface area is 75.9 Å². The zero-order valence-corrected chi connectivity index (χ0v) is 8.63. The Morgan fingerprint density at radius 1 is 1.42 bits per heavy atom. The molecule has 12 heavy (non-hydrogen) atoms. The minimum absolute atomic E-state index is 0.296. The molecular formula is C11H20O. The Morgan fingerprint density at radius 2 is 2.00 bits per heavy atom. The summed E-state index contributed by atoms with van der Waals surface area (Å²) in [4.78, 5) is 10.8. The highest BCUT2D eigenvalue weighted by molar-refractivity contribution is 5.75. The fourth-order valence-electron chi connectivity index (χ4n) is 1.27. The standard InChI is InChI=1S/C11H20O/c1-5-6-11(9(2)3)8-7-10(4)12/h5-6,9,11H,7-8H2,1-4H3/b6-5-/t11-/m1/s1. The van der Waals surface area contributed by atoms with Gasteiger partial charge in [-0.25, -0.2) is 0 Å². The molecule has 1 heteroatoms. The third-order valence-corrected chi connectivity index (χ3v) is 2.13. The molecule has 0 radical (unpaired) electrons. The molecule has 0 aliphatic heterocycles. The van der Waals surface area contributed by atoms with Gasteiger partial charge in [0.05, 0.1) is 0 Å². The van der Waals surface area contributed by atoms with Crippen LogP contribution in [0.3, 0.4) is 0 Å². The summed E-state index contributed by atoms with van der Waals surface area (Å²) < 4.78 is 0. The van der Waals surface area contributed by atoms with Crippen LogP contribution in [0.5, 0.6) is 0 Å². The molecule has 0 aliphatic rings. The van der Waals surface area contributed by atoms with Gasteiger partial charge in [-0.1, -0.05) is 26.0 Å². The van der Waals surface area contributed by atoms with Gasteiger partial charge in [0.2, 0.25) is 0 Å². The lowest BCUT2D eigenvalue weighted by molar-refractivity contribution is -0.117. The summed E-state index contributed by atoms with van der Waals surface area (Å²) in [5, 5.41) is 0. The predicted octanol–water partition coefficient (Wildman–Crippen LogP) is 3.20. The summed E-state index contributed by atoms with van der Waals surface area (Å²) >= 11 is 0. The van der Waals surface area contributed by atoms with Gasteiger partial charge < -0.3 is 4.79 Å². The minimum atomic E-state index is 0.296. The van der Waals surface area contributed by atoms with E-state index in [4.69, 9.17) is 0 Å². The van der Waals surface area contributed by atoms with Gasteiger partial charge in [-0.3, -0.25) is 0 Å². The van der Waals surface area contributed by atoms with Gasteiger partial charge in [0.1, 0.15) is 5.78 Å². The van der Waals surface area contributed by atoms with Gasteiger partial charge in [0.15, 0.2) is 0 Å². The molecule has 0 aromatic heterocycles. The number of allylic oxidation sites excluding steroid dienone is 2. The average Bonchev–Trinajstić information content (AvgIpc) is 1.96. The average molecular weight is 168 g/mol. The first-order valence-corrected chi connectivity index (χ1v) is 4.70. The van der Waals surface area contributed by atoms with Crippen LogP contribution in [0.25, 0.3) is 0 Å². The summed E-state index contributed by atoms with van der Waals surface area (Å²) in [7, 11) is 0. The zero-order valence-electron chi connectivity index (χ0n) is 8.63. The van der Waals surface area contributed by atoms with Crippen molar-refractivity contribution in [2.75, 3.05) is 0 Å².